The van der Waals surface area contributed by atoms with Crippen molar-refractivity contribution in [3.63, 3.8) is 0 Å². The first-order valence-electron chi connectivity index (χ1n) is 7.19. The maximum atomic E-state index is 12.0. The number of aliphatic imine (C=N–C) groups is 1. The quantitative estimate of drug-likeness (QED) is 0.826. The Morgan fingerprint density at radius 1 is 1.45 bits per heavy atom. The van der Waals surface area contributed by atoms with E-state index in [1.165, 1.54) is 6.20 Å². The van der Waals surface area contributed by atoms with Crippen LogP contribution in [0.1, 0.15) is 45.6 Å². The molecule has 1 aliphatic carbocycles. The van der Waals surface area contributed by atoms with Crippen LogP contribution in [-0.2, 0) is 0 Å². The molecule has 0 aliphatic heterocycles. The largest absolute Gasteiger partial charge is 0.320 e. The van der Waals surface area contributed by atoms with E-state index in [0.29, 0.717) is 11.3 Å². The monoisotopic (exact) mass is 272 g/mol. The van der Waals surface area contributed by atoms with Gasteiger partial charge < -0.3 is 4.98 Å². The summed E-state index contributed by atoms with van der Waals surface area (Å²) in [6.45, 7) is 13.5. The molecule has 0 fully saturated rings. The molecule has 1 aromatic rings. The summed E-state index contributed by atoms with van der Waals surface area (Å²) in [5.41, 5.74) is 1.81. The second kappa shape index (κ2) is 7.63. The molecule has 0 spiro atoms. The molecule has 0 amide bonds. The van der Waals surface area contributed by atoms with E-state index in [1.54, 1.807) is 0 Å². The minimum atomic E-state index is -0.0712. The fourth-order valence-electron chi connectivity index (χ4n) is 2.24. The van der Waals surface area contributed by atoms with Gasteiger partial charge in [0.05, 0.1) is 11.5 Å². The normalized spacial score (nSPS) is 18.9. The molecule has 0 aromatic carbocycles. The van der Waals surface area contributed by atoms with E-state index in [-0.39, 0.29) is 5.56 Å². The fraction of sp³-hybridized carbons (Fsp3) is 0.412. The van der Waals surface area contributed by atoms with E-state index in [2.05, 4.69) is 36.3 Å². The van der Waals surface area contributed by atoms with Gasteiger partial charge in [-0.3, -0.25) is 9.79 Å². The summed E-state index contributed by atoms with van der Waals surface area (Å²) in [5, 5.41) is 1.40. The van der Waals surface area contributed by atoms with Gasteiger partial charge in [-0.25, -0.2) is 0 Å². The molecule has 1 heterocycles. The van der Waals surface area contributed by atoms with Crippen molar-refractivity contribution in [2.24, 2.45) is 10.9 Å². The highest BCUT2D eigenvalue weighted by Crippen LogP contribution is 2.27. The number of hydrogen-bond donors (Lipinski definition) is 1. The van der Waals surface area contributed by atoms with Crippen LogP contribution in [0.4, 0.5) is 0 Å². The van der Waals surface area contributed by atoms with Gasteiger partial charge in [-0.05, 0) is 48.8 Å². The Labute approximate surface area is 120 Å². The second-order valence-corrected chi connectivity index (χ2v) is 4.87. The SMILES string of the molecule is C=N/C=c1/[nH]c(=O)c(C2=CC[C@H](C)CC2)cc1=C.CC. The molecule has 1 aliphatic rings. The van der Waals surface area contributed by atoms with Crippen molar-refractivity contribution in [1.29, 1.82) is 0 Å². The number of aromatic amines is 1. The molecular weight excluding hydrogens is 248 g/mol. The van der Waals surface area contributed by atoms with Crippen LogP contribution < -0.4 is 16.1 Å². The molecule has 3 heteroatoms. The number of nitrogens with one attached hydrogen (secondary N) is 1. The first kappa shape index (κ1) is 16.2. The first-order chi connectivity index (χ1) is 9.61. The number of nitrogens with zero attached hydrogens (tertiary/aromatic N) is 1. The molecule has 0 bridgehead atoms. The Hall–Kier alpha value is -1.90. The molecule has 1 N–H and O–H groups in total. The van der Waals surface area contributed by atoms with Crippen molar-refractivity contribution in [1.82, 2.24) is 4.98 Å². The van der Waals surface area contributed by atoms with E-state index >= 15 is 0 Å². The van der Waals surface area contributed by atoms with Crippen molar-refractivity contribution in [2.75, 3.05) is 0 Å². The molecule has 3 nitrogen and oxygen atoms in total. The first-order valence-corrected chi connectivity index (χ1v) is 7.19. The lowest BCUT2D eigenvalue weighted by molar-refractivity contribution is 0.533. The van der Waals surface area contributed by atoms with Gasteiger partial charge in [0.25, 0.3) is 5.56 Å². The zero-order chi connectivity index (χ0) is 15.1. The summed E-state index contributed by atoms with van der Waals surface area (Å²) in [6, 6.07) is 1.84. The minimum absolute atomic E-state index is 0.0712. The van der Waals surface area contributed by atoms with E-state index in [9.17, 15) is 4.79 Å². The fourth-order valence-corrected chi connectivity index (χ4v) is 2.24. The molecule has 2 rings (SSSR count). The van der Waals surface area contributed by atoms with Gasteiger partial charge in [0.15, 0.2) is 0 Å². The standard InChI is InChI=1S/C15H18N2O.C2H6/c1-10-4-6-12(7-5-10)13-8-11(2)14(9-16-3)17-15(13)18;1-2/h6,8-10H,2-5,7H2,1H3,(H,17,18);1-2H3/b14-9+;/t10-;/m0./s1. The number of aromatic nitrogens is 1. The second-order valence-electron chi connectivity index (χ2n) is 4.87. The topological polar surface area (TPSA) is 45.2 Å². The van der Waals surface area contributed by atoms with Crippen molar-refractivity contribution in [3.8, 4) is 0 Å². The highest BCUT2D eigenvalue weighted by Gasteiger charge is 2.13. The summed E-state index contributed by atoms with van der Waals surface area (Å²) < 4.78 is 0. The zero-order valence-corrected chi connectivity index (χ0v) is 12.7. The van der Waals surface area contributed by atoms with E-state index in [0.717, 1.165) is 35.6 Å². The lowest BCUT2D eigenvalue weighted by Crippen LogP contribution is -2.35. The van der Waals surface area contributed by atoms with Gasteiger partial charge in [0, 0.05) is 5.56 Å². The Morgan fingerprint density at radius 3 is 2.70 bits per heavy atom. The van der Waals surface area contributed by atoms with Crippen LogP contribution in [0, 0.1) is 5.92 Å². The van der Waals surface area contributed by atoms with Crippen LogP contribution in [0.15, 0.2) is 21.9 Å². The van der Waals surface area contributed by atoms with Crippen LogP contribution in [0.2, 0.25) is 0 Å². The molecular formula is C17H24N2O. The lowest BCUT2D eigenvalue weighted by atomic mass is 9.88. The van der Waals surface area contributed by atoms with Crippen molar-refractivity contribution < 1.29 is 0 Å². The van der Waals surface area contributed by atoms with Gasteiger partial charge in [0.2, 0.25) is 0 Å². The molecule has 1 atom stereocenters. The van der Waals surface area contributed by atoms with Gasteiger partial charge in [-0.15, -0.1) is 0 Å². The average Bonchev–Trinajstić information content (AvgIpc) is 2.46. The van der Waals surface area contributed by atoms with Gasteiger partial charge >= 0.3 is 0 Å². The Morgan fingerprint density at radius 2 is 2.15 bits per heavy atom. The maximum absolute atomic E-state index is 12.0. The lowest BCUT2D eigenvalue weighted by Gasteiger charge is -2.17. The third-order valence-electron chi connectivity index (χ3n) is 3.40. The summed E-state index contributed by atoms with van der Waals surface area (Å²) in [6.07, 6.45) is 6.84. The van der Waals surface area contributed by atoms with E-state index < -0.39 is 0 Å². The van der Waals surface area contributed by atoms with Gasteiger partial charge in [-0.1, -0.05) is 33.4 Å². The number of pyridine rings is 1. The van der Waals surface area contributed by atoms with Crippen LogP contribution >= 0.6 is 0 Å². The minimum Gasteiger partial charge on any atom is -0.320 e. The molecule has 0 saturated carbocycles. The van der Waals surface area contributed by atoms with Crippen LogP contribution in [0.25, 0.3) is 18.4 Å². The number of H-pyrrole nitrogens is 1. The predicted molar refractivity (Wildman–Crippen MR) is 88.2 cm³/mol. The molecule has 20 heavy (non-hydrogen) atoms. The highest BCUT2D eigenvalue weighted by molar-refractivity contribution is 5.65. The Balaban J connectivity index is 0.000000956. The third kappa shape index (κ3) is 3.80. The predicted octanol–water partition coefficient (Wildman–Crippen LogP) is 2.45. The molecule has 0 saturated heterocycles. The zero-order valence-electron chi connectivity index (χ0n) is 12.7. The van der Waals surface area contributed by atoms with Crippen LogP contribution in [0.3, 0.4) is 0 Å². The van der Waals surface area contributed by atoms with Crippen LogP contribution in [0.5, 0.6) is 0 Å². The van der Waals surface area contributed by atoms with Crippen LogP contribution in [-0.4, -0.2) is 11.7 Å². The van der Waals surface area contributed by atoms with Crippen molar-refractivity contribution in [2.45, 2.75) is 40.0 Å². The number of hydrogen-bond acceptors (Lipinski definition) is 2. The smallest absolute Gasteiger partial charge is 0.256 e. The van der Waals surface area contributed by atoms with E-state index in [4.69, 9.17) is 0 Å². The van der Waals surface area contributed by atoms with E-state index in [1.807, 2.05) is 19.9 Å². The third-order valence-corrected chi connectivity index (χ3v) is 3.40. The molecule has 1 aromatic heterocycles. The summed E-state index contributed by atoms with van der Waals surface area (Å²) in [5.74, 6) is 0.713. The molecule has 0 unspecified atom stereocenters. The number of rotatable bonds is 2. The van der Waals surface area contributed by atoms with Gasteiger partial charge in [-0.2, -0.15) is 0 Å². The Bertz CT molecular complexity index is 653. The number of allylic oxidation sites excluding steroid dienone is 2. The maximum Gasteiger partial charge on any atom is 0.256 e. The van der Waals surface area contributed by atoms with Gasteiger partial charge in [0.1, 0.15) is 0 Å². The average molecular weight is 272 g/mol. The molecule has 0 radical (unpaired) electrons. The van der Waals surface area contributed by atoms with Crippen molar-refractivity contribution in [3.05, 3.63) is 38.6 Å². The molecule has 108 valence electrons. The summed E-state index contributed by atoms with van der Waals surface area (Å²) >= 11 is 0. The highest BCUT2D eigenvalue weighted by atomic mass is 16.1. The Kier molecular flexibility index (Phi) is 6.16. The summed E-state index contributed by atoms with van der Waals surface area (Å²) in [7, 11) is 0. The summed E-state index contributed by atoms with van der Waals surface area (Å²) in [4.78, 5) is 18.5. The van der Waals surface area contributed by atoms with Crippen molar-refractivity contribution >= 4 is 25.1 Å².